The van der Waals surface area contributed by atoms with Crippen LogP contribution in [0.2, 0.25) is 0 Å². The van der Waals surface area contributed by atoms with E-state index in [1.807, 2.05) is 0 Å². The Morgan fingerprint density at radius 3 is 2.50 bits per heavy atom. The Kier molecular flexibility index (Phi) is 3.41. The number of aliphatic hydroxyl groups is 1. The summed E-state index contributed by atoms with van der Waals surface area (Å²) in [5.74, 6) is 0. The SMILES string of the molecule is CN(CC1(O)CCCC1)C1CCOC2(CCC2)C1. The average molecular weight is 253 g/mol. The molecule has 0 amide bonds. The van der Waals surface area contributed by atoms with Gasteiger partial charge < -0.3 is 14.7 Å². The van der Waals surface area contributed by atoms with Crippen LogP contribution in [-0.2, 0) is 4.74 Å². The molecule has 1 N–H and O–H groups in total. The minimum absolute atomic E-state index is 0.218. The summed E-state index contributed by atoms with van der Waals surface area (Å²) >= 11 is 0. The van der Waals surface area contributed by atoms with E-state index >= 15 is 0 Å². The van der Waals surface area contributed by atoms with Gasteiger partial charge >= 0.3 is 0 Å². The van der Waals surface area contributed by atoms with Crippen molar-refractivity contribution in [1.29, 1.82) is 0 Å². The molecule has 1 heterocycles. The number of hydrogen-bond acceptors (Lipinski definition) is 3. The van der Waals surface area contributed by atoms with Gasteiger partial charge in [-0.2, -0.15) is 0 Å². The molecule has 1 atom stereocenters. The molecule has 3 aliphatic rings. The Morgan fingerprint density at radius 1 is 1.17 bits per heavy atom. The molecule has 3 fully saturated rings. The molecule has 1 spiro atoms. The lowest BCUT2D eigenvalue weighted by molar-refractivity contribution is -0.150. The lowest BCUT2D eigenvalue weighted by Crippen LogP contribution is -2.53. The monoisotopic (exact) mass is 253 g/mol. The highest BCUT2D eigenvalue weighted by atomic mass is 16.5. The molecule has 2 saturated carbocycles. The van der Waals surface area contributed by atoms with Gasteiger partial charge in [-0.3, -0.25) is 0 Å². The molecule has 18 heavy (non-hydrogen) atoms. The lowest BCUT2D eigenvalue weighted by Gasteiger charge is -2.49. The van der Waals surface area contributed by atoms with Crippen LogP contribution >= 0.6 is 0 Å². The minimum Gasteiger partial charge on any atom is -0.389 e. The van der Waals surface area contributed by atoms with Crippen LogP contribution in [0.5, 0.6) is 0 Å². The van der Waals surface area contributed by atoms with E-state index in [0.29, 0.717) is 6.04 Å². The second kappa shape index (κ2) is 4.77. The van der Waals surface area contributed by atoms with Crippen molar-refractivity contribution in [1.82, 2.24) is 4.90 Å². The normalized spacial score (nSPS) is 33.8. The second-order valence-electron chi connectivity index (χ2n) is 6.88. The van der Waals surface area contributed by atoms with E-state index in [4.69, 9.17) is 4.74 Å². The maximum absolute atomic E-state index is 10.5. The van der Waals surface area contributed by atoms with E-state index in [-0.39, 0.29) is 5.60 Å². The summed E-state index contributed by atoms with van der Waals surface area (Å²) < 4.78 is 5.99. The van der Waals surface area contributed by atoms with Crippen molar-refractivity contribution in [2.75, 3.05) is 20.2 Å². The fourth-order valence-electron chi connectivity index (χ4n) is 4.08. The molecule has 3 nitrogen and oxygen atoms in total. The quantitative estimate of drug-likeness (QED) is 0.838. The van der Waals surface area contributed by atoms with E-state index in [9.17, 15) is 5.11 Å². The number of ether oxygens (including phenoxy) is 1. The van der Waals surface area contributed by atoms with Crippen LogP contribution in [0.15, 0.2) is 0 Å². The first-order valence-electron chi connectivity index (χ1n) is 7.68. The molecule has 0 aromatic heterocycles. The number of nitrogens with zero attached hydrogens (tertiary/aromatic N) is 1. The van der Waals surface area contributed by atoms with Gasteiger partial charge in [-0.15, -0.1) is 0 Å². The summed E-state index contributed by atoms with van der Waals surface area (Å²) in [6, 6.07) is 0.615. The van der Waals surface area contributed by atoms with Crippen molar-refractivity contribution < 1.29 is 9.84 Å². The molecule has 2 aliphatic carbocycles. The third kappa shape index (κ3) is 2.45. The maximum atomic E-state index is 10.5. The fourth-order valence-corrected chi connectivity index (χ4v) is 4.08. The molecule has 1 saturated heterocycles. The van der Waals surface area contributed by atoms with E-state index in [0.717, 1.165) is 32.4 Å². The highest BCUT2D eigenvalue weighted by Crippen LogP contribution is 2.43. The van der Waals surface area contributed by atoms with Crippen molar-refractivity contribution in [2.45, 2.75) is 75.0 Å². The molecule has 0 radical (unpaired) electrons. The zero-order valence-corrected chi connectivity index (χ0v) is 11.7. The van der Waals surface area contributed by atoms with Gasteiger partial charge in [0.1, 0.15) is 0 Å². The first kappa shape index (κ1) is 12.9. The summed E-state index contributed by atoms with van der Waals surface area (Å²) in [6.07, 6.45) is 10.5. The van der Waals surface area contributed by atoms with Crippen LogP contribution in [0.4, 0.5) is 0 Å². The van der Waals surface area contributed by atoms with E-state index in [2.05, 4.69) is 11.9 Å². The molecular formula is C15H27NO2. The molecule has 0 aromatic carbocycles. The van der Waals surface area contributed by atoms with Gasteiger partial charge in [0.05, 0.1) is 11.2 Å². The van der Waals surface area contributed by atoms with Crippen LogP contribution < -0.4 is 0 Å². The predicted molar refractivity (Wildman–Crippen MR) is 71.6 cm³/mol. The number of likely N-dealkylation sites (N-methyl/N-ethyl adjacent to an activating group) is 1. The number of rotatable bonds is 3. The first-order valence-corrected chi connectivity index (χ1v) is 7.68. The van der Waals surface area contributed by atoms with Gasteiger partial charge in [-0.1, -0.05) is 12.8 Å². The lowest BCUT2D eigenvalue weighted by atomic mass is 9.73. The Labute approximate surface area is 110 Å². The summed E-state index contributed by atoms with van der Waals surface area (Å²) in [4.78, 5) is 2.41. The highest BCUT2D eigenvalue weighted by molar-refractivity contribution is 4.97. The van der Waals surface area contributed by atoms with Gasteiger partial charge in [0.2, 0.25) is 0 Å². The molecule has 3 rings (SSSR count). The smallest absolute Gasteiger partial charge is 0.0774 e. The third-order valence-electron chi connectivity index (χ3n) is 5.43. The van der Waals surface area contributed by atoms with Crippen molar-refractivity contribution in [2.24, 2.45) is 0 Å². The highest BCUT2D eigenvalue weighted by Gasteiger charge is 2.44. The van der Waals surface area contributed by atoms with Crippen LogP contribution in [0.1, 0.15) is 57.8 Å². The van der Waals surface area contributed by atoms with Gasteiger partial charge in [-0.05, 0) is 52.0 Å². The Balaban J connectivity index is 1.56. The summed E-state index contributed by atoms with van der Waals surface area (Å²) in [5.41, 5.74) is -0.185. The fraction of sp³-hybridized carbons (Fsp3) is 1.00. The van der Waals surface area contributed by atoms with Gasteiger partial charge in [0, 0.05) is 19.2 Å². The summed E-state index contributed by atoms with van der Waals surface area (Å²) in [7, 11) is 2.19. The molecule has 0 bridgehead atoms. The Hall–Kier alpha value is -0.120. The summed E-state index contributed by atoms with van der Waals surface area (Å²) in [5, 5.41) is 10.5. The molecule has 1 aliphatic heterocycles. The third-order valence-corrected chi connectivity index (χ3v) is 5.43. The zero-order valence-electron chi connectivity index (χ0n) is 11.7. The Morgan fingerprint density at radius 2 is 1.89 bits per heavy atom. The van der Waals surface area contributed by atoms with E-state index in [1.165, 1.54) is 38.5 Å². The largest absolute Gasteiger partial charge is 0.389 e. The van der Waals surface area contributed by atoms with Crippen LogP contribution in [0, 0.1) is 0 Å². The average Bonchev–Trinajstić information content (AvgIpc) is 2.74. The standard InChI is InChI=1S/C15H27NO2/c1-16(12-14(17)6-2-3-7-14)13-5-10-18-15(11-13)8-4-9-15/h13,17H,2-12H2,1H3. The maximum Gasteiger partial charge on any atom is 0.0774 e. The van der Waals surface area contributed by atoms with Gasteiger partial charge in [0.15, 0.2) is 0 Å². The van der Waals surface area contributed by atoms with E-state index in [1.54, 1.807) is 0 Å². The molecule has 3 heteroatoms. The zero-order chi connectivity index (χ0) is 12.6. The first-order chi connectivity index (χ1) is 8.61. The van der Waals surface area contributed by atoms with Crippen molar-refractivity contribution in [3.63, 3.8) is 0 Å². The molecule has 0 aromatic rings. The second-order valence-corrected chi connectivity index (χ2v) is 6.88. The van der Waals surface area contributed by atoms with Crippen LogP contribution in [-0.4, -0.2) is 47.4 Å². The predicted octanol–water partition coefficient (Wildman–Crippen LogP) is 2.33. The van der Waals surface area contributed by atoms with Crippen LogP contribution in [0.3, 0.4) is 0 Å². The summed E-state index contributed by atoms with van der Waals surface area (Å²) in [6.45, 7) is 1.77. The minimum atomic E-state index is -0.403. The van der Waals surface area contributed by atoms with Crippen molar-refractivity contribution in [3.8, 4) is 0 Å². The van der Waals surface area contributed by atoms with Crippen molar-refractivity contribution >= 4 is 0 Å². The number of hydrogen-bond donors (Lipinski definition) is 1. The molecular weight excluding hydrogens is 226 g/mol. The molecule has 1 unspecified atom stereocenters. The van der Waals surface area contributed by atoms with E-state index < -0.39 is 5.60 Å². The molecule has 104 valence electrons. The van der Waals surface area contributed by atoms with Crippen molar-refractivity contribution in [3.05, 3.63) is 0 Å². The topological polar surface area (TPSA) is 32.7 Å². The van der Waals surface area contributed by atoms with Crippen LogP contribution in [0.25, 0.3) is 0 Å². The Bertz CT molecular complexity index is 295. The van der Waals surface area contributed by atoms with Gasteiger partial charge in [0.25, 0.3) is 0 Å². The van der Waals surface area contributed by atoms with Gasteiger partial charge in [-0.25, -0.2) is 0 Å².